The average molecular weight is 363 g/mol. The number of carbonyl (C=O) groups excluding carboxylic acids is 1. The smallest absolute Gasteiger partial charge is 0.356 e. The Kier molecular flexibility index (Phi) is 4.07. The summed E-state index contributed by atoms with van der Waals surface area (Å²) in [5.41, 5.74) is 1.77. The third-order valence-electron chi connectivity index (χ3n) is 3.40. The van der Waals surface area contributed by atoms with Gasteiger partial charge in [0.1, 0.15) is 12.4 Å². The van der Waals surface area contributed by atoms with Gasteiger partial charge in [-0.3, -0.25) is 0 Å². The molecule has 0 radical (unpaired) electrons. The van der Waals surface area contributed by atoms with Gasteiger partial charge < -0.3 is 14.2 Å². The lowest BCUT2D eigenvalue weighted by atomic mass is 10.1. The van der Waals surface area contributed by atoms with Crippen LogP contribution < -0.4 is 14.2 Å². The van der Waals surface area contributed by atoms with Gasteiger partial charge in [-0.1, -0.05) is 28.1 Å². The molecule has 1 atom stereocenters. The first-order valence-electron chi connectivity index (χ1n) is 6.91. The number of halogens is 1. The van der Waals surface area contributed by atoms with Crippen LogP contribution in [-0.4, -0.2) is 18.7 Å². The van der Waals surface area contributed by atoms with Crippen molar-refractivity contribution < 1.29 is 19.0 Å². The summed E-state index contributed by atoms with van der Waals surface area (Å²) in [7, 11) is 0. The van der Waals surface area contributed by atoms with Crippen molar-refractivity contribution in [1.29, 1.82) is 0 Å². The Morgan fingerprint density at radius 3 is 2.50 bits per heavy atom. The molecule has 0 saturated heterocycles. The molecule has 3 rings (SSSR count). The van der Waals surface area contributed by atoms with Crippen LogP contribution in [0.3, 0.4) is 0 Å². The molecule has 0 aliphatic carbocycles. The van der Waals surface area contributed by atoms with E-state index in [2.05, 4.69) is 15.9 Å². The molecule has 0 bridgehead atoms. The van der Waals surface area contributed by atoms with Crippen LogP contribution in [0.2, 0.25) is 0 Å². The highest BCUT2D eigenvalue weighted by Crippen LogP contribution is 2.32. The monoisotopic (exact) mass is 362 g/mol. The fraction of sp³-hybridized carbons (Fsp3) is 0.235. The topological polar surface area (TPSA) is 44.8 Å². The molecule has 4 nitrogen and oxygen atoms in total. The van der Waals surface area contributed by atoms with E-state index in [0.29, 0.717) is 17.2 Å². The largest absolute Gasteiger partial charge is 0.485 e. The fourth-order valence-corrected chi connectivity index (χ4v) is 3.05. The zero-order valence-corrected chi connectivity index (χ0v) is 13.8. The number of aryl methyl sites for hydroxylation is 2. The molecule has 5 heteroatoms. The third kappa shape index (κ3) is 2.95. The molecule has 1 aliphatic heterocycles. The summed E-state index contributed by atoms with van der Waals surface area (Å²) in [5, 5.41) is 0. The number of hydrogen-bond acceptors (Lipinski definition) is 4. The third-order valence-corrected chi connectivity index (χ3v) is 3.86. The Labute approximate surface area is 137 Å². The maximum absolute atomic E-state index is 12.3. The Bertz CT molecular complexity index is 703. The summed E-state index contributed by atoms with van der Waals surface area (Å²) in [6.45, 7) is 3.94. The van der Waals surface area contributed by atoms with E-state index in [1.165, 1.54) is 0 Å². The Morgan fingerprint density at radius 1 is 1.18 bits per heavy atom. The summed E-state index contributed by atoms with van der Waals surface area (Å²) in [6.07, 6.45) is -0.766. The van der Waals surface area contributed by atoms with Crippen molar-refractivity contribution in [3.05, 3.63) is 52.0 Å². The van der Waals surface area contributed by atoms with E-state index in [1.807, 2.05) is 38.1 Å². The Morgan fingerprint density at radius 2 is 1.82 bits per heavy atom. The first-order chi connectivity index (χ1) is 10.5. The van der Waals surface area contributed by atoms with Gasteiger partial charge >= 0.3 is 5.97 Å². The van der Waals surface area contributed by atoms with E-state index in [4.69, 9.17) is 14.2 Å². The van der Waals surface area contributed by atoms with Crippen molar-refractivity contribution in [2.75, 3.05) is 6.61 Å². The van der Waals surface area contributed by atoms with Crippen molar-refractivity contribution in [3.63, 3.8) is 0 Å². The van der Waals surface area contributed by atoms with Gasteiger partial charge in [0.05, 0.1) is 0 Å². The molecule has 1 aliphatic rings. The molecule has 0 spiro atoms. The van der Waals surface area contributed by atoms with E-state index in [0.717, 1.165) is 15.6 Å². The van der Waals surface area contributed by atoms with Crippen molar-refractivity contribution >= 4 is 21.9 Å². The fourth-order valence-electron chi connectivity index (χ4n) is 2.36. The van der Waals surface area contributed by atoms with Gasteiger partial charge in [-0.05, 0) is 49.2 Å². The van der Waals surface area contributed by atoms with Gasteiger partial charge in [-0.2, -0.15) is 0 Å². The van der Waals surface area contributed by atoms with Crippen LogP contribution in [0, 0.1) is 13.8 Å². The second kappa shape index (κ2) is 6.01. The number of rotatable bonds is 2. The van der Waals surface area contributed by atoms with Gasteiger partial charge in [-0.25, -0.2) is 4.79 Å². The van der Waals surface area contributed by atoms with Gasteiger partial charge in [0, 0.05) is 4.47 Å². The minimum atomic E-state index is -0.766. The SMILES string of the molecule is Cc1cc(Br)cc(C)c1OC(=O)C1COc2ccccc2O1. The van der Waals surface area contributed by atoms with Gasteiger partial charge in [0.15, 0.2) is 11.5 Å². The quantitative estimate of drug-likeness (QED) is 0.601. The normalized spacial score (nSPS) is 16.2. The van der Waals surface area contributed by atoms with E-state index >= 15 is 0 Å². The van der Waals surface area contributed by atoms with Gasteiger partial charge in [0.25, 0.3) is 0 Å². The van der Waals surface area contributed by atoms with E-state index < -0.39 is 12.1 Å². The lowest BCUT2D eigenvalue weighted by Crippen LogP contribution is -2.39. The zero-order valence-electron chi connectivity index (χ0n) is 12.3. The van der Waals surface area contributed by atoms with Crippen LogP contribution in [0.4, 0.5) is 0 Å². The number of fused-ring (bicyclic) bond motifs is 1. The maximum atomic E-state index is 12.3. The summed E-state index contributed by atoms with van der Waals surface area (Å²) in [6, 6.07) is 11.1. The lowest BCUT2D eigenvalue weighted by molar-refractivity contribution is -0.144. The first kappa shape index (κ1) is 14.9. The molecule has 0 amide bonds. The summed E-state index contributed by atoms with van der Waals surface area (Å²) >= 11 is 3.42. The summed E-state index contributed by atoms with van der Waals surface area (Å²) in [4.78, 5) is 12.3. The van der Waals surface area contributed by atoms with Crippen LogP contribution in [0.1, 0.15) is 11.1 Å². The van der Waals surface area contributed by atoms with Gasteiger partial charge in [0.2, 0.25) is 6.10 Å². The number of para-hydroxylation sites is 2. The number of esters is 1. The molecule has 0 aromatic heterocycles. The lowest BCUT2D eigenvalue weighted by Gasteiger charge is -2.25. The predicted molar refractivity (Wildman–Crippen MR) is 85.6 cm³/mol. The molecule has 0 fully saturated rings. The van der Waals surface area contributed by atoms with E-state index in [-0.39, 0.29) is 6.61 Å². The van der Waals surface area contributed by atoms with Gasteiger partial charge in [-0.15, -0.1) is 0 Å². The maximum Gasteiger partial charge on any atom is 0.356 e. The second-order valence-corrected chi connectivity index (χ2v) is 6.07. The minimum absolute atomic E-state index is 0.143. The van der Waals surface area contributed by atoms with Crippen LogP contribution in [0.15, 0.2) is 40.9 Å². The summed E-state index contributed by atoms with van der Waals surface area (Å²) < 4.78 is 17.7. The number of hydrogen-bond donors (Lipinski definition) is 0. The number of carbonyl (C=O) groups is 1. The standard InChI is InChI=1S/C17H15BrO4/c1-10-7-12(18)8-11(2)16(10)22-17(19)15-9-20-13-5-3-4-6-14(13)21-15/h3-8,15H,9H2,1-2H3. The Balaban J connectivity index is 1.77. The van der Waals surface area contributed by atoms with E-state index in [9.17, 15) is 4.79 Å². The van der Waals surface area contributed by atoms with Crippen molar-refractivity contribution in [2.45, 2.75) is 20.0 Å². The molecule has 1 unspecified atom stereocenters. The number of benzene rings is 2. The molecule has 2 aromatic rings. The molecule has 0 N–H and O–H groups in total. The second-order valence-electron chi connectivity index (χ2n) is 5.15. The Hall–Kier alpha value is -2.01. The first-order valence-corrected chi connectivity index (χ1v) is 7.71. The molecule has 0 saturated carbocycles. The van der Waals surface area contributed by atoms with Crippen LogP contribution in [0.25, 0.3) is 0 Å². The van der Waals surface area contributed by atoms with Crippen molar-refractivity contribution in [1.82, 2.24) is 0 Å². The average Bonchev–Trinajstić information content (AvgIpc) is 2.50. The van der Waals surface area contributed by atoms with Crippen molar-refractivity contribution in [3.8, 4) is 17.2 Å². The molecule has 22 heavy (non-hydrogen) atoms. The highest BCUT2D eigenvalue weighted by molar-refractivity contribution is 9.10. The number of ether oxygens (including phenoxy) is 3. The molecule has 114 valence electrons. The zero-order chi connectivity index (χ0) is 15.7. The van der Waals surface area contributed by atoms with Crippen LogP contribution >= 0.6 is 15.9 Å². The molecular weight excluding hydrogens is 348 g/mol. The molecule has 2 aromatic carbocycles. The van der Waals surface area contributed by atoms with Crippen molar-refractivity contribution in [2.24, 2.45) is 0 Å². The minimum Gasteiger partial charge on any atom is -0.485 e. The van der Waals surface area contributed by atoms with Crippen LogP contribution in [-0.2, 0) is 4.79 Å². The van der Waals surface area contributed by atoms with Crippen LogP contribution in [0.5, 0.6) is 17.2 Å². The highest BCUT2D eigenvalue weighted by atomic mass is 79.9. The summed E-state index contributed by atoms with van der Waals surface area (Å²) in [5.74, 6) is 1.31. The highest BCUT2D eigenvalue weighted by Gasteiger charge is 2.29. The molecule has 1 heterocycles. The van der Waals surface area contributed by atoms with E-state index in [1.54, 1.807) is 12.1 Å². The predicted octanol–water partition coefficient (Wildman–Crippen LogP) is 3.81. The molecular formula is C17H15BrO4.